The lowest BCUT2D eigenvalue weighted by atomic mass is 10.1. The molecular weight excluding hydrogens is 350 g/mol. The molecule has 1 N–H and O–H groups in total. The van der Waals surface area contributed by atoms with Gasteiger partial charge >= 0.3 is 5.97 Å². The third-order valence-electron chi connectivity index (χ3n) is 3.79. The van der Waals surface area contributed by atoms with Crippen LogP contribution in [0.3, 0.4) is 0 Å². The molecule has 128 valence electrons. The summed E-state index contributed by atoms with van der Waals surface area (Å²) < 4.78 is 32.3. The van der Waals surface area contributed by atoms with E-state index in [1.807, 2.05) is 6.07 Å². The number of ether oxygens (including phenoxy) is 1. The number of carbonyl (C=O) groups is 1. The molecule has 3 heterocycles. The second-order valence-electron chi connectivity index (χ2n) is 5.23. The highest BCUT2D eigenvalue weighted by atomic mass is 32.2. The maximum absolute atomic E-state index is 13.0. The van der Waals surface area contributed by atoms with Gasteiger partial charge in [0.15, 0.2) is 0 Å². The van der Waals surface area contributed by atoms with E-state index in [0.29, 0.717) is 19.6 Å². The number of hydrogen-bond donors (Lipinski definition) is 1. The molecule has 2 aromatic heterocycles. The Bertz CT molecular complexity index is 820. The molecule has 7 nitrogen and oxygen atoms in total. The Kier molecular flexibility index (Phi) is 4.95. The van der Waals surface area contributed by atoms with Gasteiger partial charge < -0.3 is 10.1 Å². The van der Waals surface area contributed by atoms with Gasteiger partial charge in [-0.2, -0.15) is 4.31 Å². The number of rotatable bonds is 4. The van der Waals surface area contributed by atoms with Crippen LogP contribution in [-0.4, -0.2) is 50.4 Å². The third kappa shape index (κ3) is 3.20. The van der Waals surface area contributed by atoms with Crippen molar-refractivity contribution in [3.8, 4) is 0 Å². The van der Waals surface area contributed by atoms with Gasteiger partial charge in [-0.3, -0.25) is 4.98 Å². The van der Waals surface area contributed by atoms with E-state index in [-0.39, 0.29) is 15.1 Å². The number of aromatic nitrogens is 1. The number of carbonyl (C=O) groups excluding carboxylic acids is 1. The zero-order chi connectivity index (χ0) is 17.2. The van der Waals surface area contributed by atoms with Gasteiger partial charge in [0.05, 0.1) is 13.2 Å². The van der Waals surface area contributed by atoms with Crippen molar-refractivity contribution in [3.05, 3.63) is 47.1 Å². The van der Waals surface area contributed by atoms with Crippen LogP contribution in [0.25, 0.3) is 0 Å². The first-order chi connectivity index (χ1) is 11.5. The summed E-state index contributed by atoms with van der Waals surface area (Å²) in [5.41, 5.74) is 0.832. The SMILES string of the molecule is COC(=O)c1ccc(S(=O)(=O)N2CCNCC2c2cccnc2)s1. The van der Waals surface area contributed by atoms with E-state index in [9.17, 15) is 13.2 Å². The predicted molar refractivity (Wildman–Crippen MR) is 89.4 cm³/mol. The molecule has 0 aromatic carbocycles. The quantitative estimate of drug-likeness (QED) is 0.819. The molecule has 2 aromatic rings. The summed E-state index contributed by atoms with van der Waals surface area (Å²) in [5.74, 6) is -0.537. The largest absolute Gasteiger partial charge is 0.465 e. The normalized spacial score (nSPS) is 19.1. The number of methoxy groups -OCH3 is 1. The zero-order valence-electron chi connectivity index (χ0n) is 13.0. The van der Waals surface area contributed by atoms with Gasteiger partial charge in [-0.25, -0.2) is 13.2 Å². The van der Waals surface area contributed by atoms with Crippen LogP contribution in [0.5, 0.6) is 0 Å². The average Bonchev–Trinajstić information content (AvgIpc) is 3.13. The van der Waals surface area contributed by atoms with Crippen LogP contribution in [-0.2, 0) is 14.8 Å². The lowest BCUT2D eigenvalue weighted by Crippen LogP contribution is -2.48. The number of nitrogens with one attached hydrogen (secondary N) is 1. The Labute approximate surface area is 144 Å². The fourth-order valence-corrected chi connectivity index (χ4v) is 5.58. The van der Waals surface area contributed by atoms with Crippen molar-refractivity contribution >= 4 is 27.3 Å². The first-order valence-electron chi connectivity index (χ1n) is 7.34. The molecule has 1 aliphatic rings. The molecule has 1 aliphatic heterocycles. The number of hydrogen-bond acceptors (Lipinski definition) is 7. The molecule has 0 radical (unpaired) electrons. The van der Waals surface area contributed by atoms with Crippen LogP contribution in [0.4, 0.5) is 0 Å². The van der Waals surface area contributed by atoms with Crippen molar-refractivity contribution in [2.75, 3.05) is 26.7 Å². The average molecular weight is 367 g/mol. The van der Waals surface area contributed by atoms with Gasteiger partial charge in [0.25, 0.3) is 10.0 Å². The van der Waals surface area contributed by atoms with Crippen LogP contribution in [0.15, 0.2) is 40.9 Å². The molecule has 24 heavy (non-hydrogen) atoms. The highest BCUT2D eigenvalue weighted by Crippen LogP contribution is 2.32. The van der Waals surface area contributed by atoms with Crippen LogP contribution in [0.2, 0.25) is 0 Å². The third-order valence-corrected chi connectivity index (χ3v) is 7.24. The maximum Gasteiger partial charge on any atom is 0.348 e. The van der Waals surface area contributed by atoms with Crippen molar-refractivity contribution in [3.63, 3.8) is 0 Å². The van der Waals surface area contributed by atoms with Crippen molar-refractivity contribution < 1.29 is 17.9 Å². The minimum atomic E-state index is -3.70. The minimum absolute atomic E-state index is 0.138. The fourth-order valence-electron chi connectivity index (χ4n) is 2.62. The molecule has 1 unspecified atom stereocenters. The highest BCUT2D eigenvalue weighted by molar-refractivity contribution is 7.91. The second-order valence-corrected chi connectivity index (χ2v) is 8.43. The molecule has 0 spiro atoms. The van der Waals surface area contributed by atoms with E-state index in [1.165, 1.54) is 23.5 Å². The zero-order valence-corrected chi connectivity index (χ0v) is 14.6. The lowest BCUT2D eigenvalue weighted by Gasteiger charge is -2.34. The van der Waals surface area contributed by atoms with Crippen molar-refractivity contribution in [2.45, 2.75) is 10.3 Å². The van der Waals surface area contributed by atoms with Crippen LogP contribution < -0.4 is 5.32 Å². The molecular formula is C15H17N3O4S2. The molecule has 1 atom stereocenters. The maximum atomic E-state index is 13.0. The molecule has 0 aliphatic carbocycles. The molecule has 0 saturated carbocycles. The highest BCUT2D eigenvalue weighted by Gasteiger charge is 2.35. The van der Waals surface area contributed by atoms with E-state index < -0.39 is 16.0 Å². The molecule has 1 fully saturated rings. The van der Waals surface area contributed by atoms with E-state index in [0.717, 1.165) is 16.9 Å². The second kappa shape index (κ2) is 6.98. The van der Waals surface area contributed by atoms with Gasteiger partial charge in [-0.1, -0.05) is 6.07 Å². The summed E-state index contributed by atoms with van der Waals surface area (Å²) in [6.45, 7) is 1.44. The summed E-state index contributed by atoms with van der Waals surface area (Å²) in [5, 5.41) is 3.21. The molecule has 1 saturated heterocycles. The van der Waals surface area contributed by atoms with E-state index in [4.69, 9.17) is 0 Å². The summed E-state index contributed by atoms with van der Waals surface area (Å²) in [4.78, 5) is 15.9. The number of piperazine rings is 1. The molecule has 0 amide bonds. The monoisotopic (exact) mass is 367 g/mol. The van der Waals surface area contributed by atoms with Gasteiger partial charge in [0.1, 0.15) is 9.09 Å². The van der Waals surface area contributed by atoms with Crippen LogP contribution >= 0.6 is 11.3 Å². The first-order valence-corrected chi connectivity index (χ1v) is 9.60. The summed E-state index contributed by atoms with van der Waals surface area (Å²) in [7, 11) is -2.44. The van der Waals surface area contributed by atoms with E-state index in [1.54, 1.807) is 18.5 Å². The van der Waals surface area contributed by atoms with Crippen molar-refractivity contribution in [2.24, 2.45) is 0 Å². The Balaban J connectivity index is 1.94. The van der Waals surface area contributed by atoms with Gasteiger partial charge in [-0.05, 0) is 23.8 Å². The Morgan fingerprint density at radius 1 is 1.42 bits per heavy atom. The van der Waals surface area contributed by atoms with Gasteiger partial charge in [0, 0.05) is 32.0 Å². The summed E-state index contributed by atoms with van der Waals surface area (Å²) in [6, 6.07) is 6.25. The Hall–Kier alpha value is -1.81. The van der Waals surface area contributed by atoms with Crippen LogP contribution in [0, 0.1) is 0 Å². The van der Waals surface area contributed by atoms with Gasteiger partial charge in [0.2, 0.25) is 0 Å². The predicted octanol–water partition coefficient (Wildman–Crippen LogP) is 1.26. The van der Waals surface area contributed by atoms with Gasteiger partial charge in [-0.15, -0.1) is 11.3 Å². The molecule has 9 heteroatoms. The number of thiophene rings is 1. The molecule has 0 bridgehead atoms. The van der Waals surface area contributed by atoms with Crippen molar-refractivity contribution in [1.82, 2.24) is 14.6 Å². The fraction of sp³-hybridized carbons (Fsp3) is 0.333. The molecule has 3 rings (SSSR count). The minimum Gasteiger partial charge on any atom is -0.465 e. The first kappa shape index (κ1) is 17.0. The van der Waals surface area contributed by atoms with Crippen molar-refractivity contribution in [1.29, 1.82) is 0 Å². The number of pyridine rings is 1. The van der Waals surface area contributed by atoms with Crippen LogP contribution in [0.1, 0.15) is 21.3 Å². The van der Waals surface area contributed by atoms with E-state index in [2.05, 4.69) is 15.0 Å². The lowest BCUT2D eigenvalue weighted by molar-refractivity contribution is 0.0606. The summed E-state index contributed by atoms with van der Waals surface area (Å²) >= 11 is 0.923. The number of nitrogens with zero attached hydrogens (tertiary/aromatic N) is 2. The standard InChI is InChI=1S/C15H17N3O4S2/c1-22-15(19)13-4-5-14(23-13)24(20,21)18-8-7-17-10-12(18)11-3-2-6-16-9-11/h2-6,9,12,17H,7-8,10H2,1H3. The summed E-state index contributed by atoms with van der Waals surface area (Å²) in [6.07, 6.45) is 3.33. The number of esters is 1. The smallest absolute Gasteiger partial charge is 0.348 e. The number of sulfonamides is 1. The topological polar surface area (TPSA) is 88.6 Å². The Morgan fingerprint density at radius 3 is 2.96 bits per heavy atom. The van der Waals surface area contributed by atoms with E-state index >= 15 is 0 Å². The Morgan fingerprint density at radius 2 is 2.25 bits per heavy atom.